The molecule has 1 saturated heterocycles. The number of nitrogens with one attached hydrogen (secondary N) is 3. The molecular weight excluding hydrogens is 542 g/mol. The molecule has 1 fully saturated rings. The molecule has 12 nitrogen and oxygen atoms in total. The molecule has 5 bridgehead atoms. The second-order valence-corrected chi connectivity index (χ2v) is 11.3. The molecule has 12 heteroatoms. The van der Waals surface area contributed by atoms with Gasteiger partial charge in [0, 0.05) is 11.9 Å². The van der Waals surface area contributed by atoms with Crippen LogP contribution in [0.2, 0.25) is 0 Å². The number of amides is 3. The monoisotopic (exact) mass is 581 g/mol. The first-order valence-electron chi connectivity index (χ1n) is 14.2. The van der Waals surface area contributed by atoms with Crippen LogP contribution in [0, 0.1) is 11.3 Å². The zero-order chi connectivity index (χ0) is 30.6. The van der Waals surface area contributed by atoms with E-state index in [-0.39, 0.29) is 5.92 Å². The smallest absolute Gasteiger partial charge is 0.325 e. The topological polar surface area (TPSA) is 170 Å². The number of ether oxygens (including phenoxy) is 1. The Morgan fingerprint density at radius 1 is 1.07 bits per heavy atom. The molecule has 1 aromatic heterocycles. The number of rotatable bonds is 3. The molecule has 226 valence electrons. The van der Waals surface area contributed by atoms with Crippen LogP contribution in [0.25, 0.3) is 17.0 Å². The average molecular weight is 582 g/mol. The number of aliphatic hydroxyl groups is 2. The van der Waals surface area contributed by atoms with Gasteiger partial charge in [0.05, 0.1) is 24.4 Å². The Bertz CT molecular complexity index is 1370. The highest BCUT2D eigenvalue weighted by Gasteiger charge is 2.39. The number of aromatic nitrogens is 1. The van der Waals surface area contributed by atoms with E-state index in [1.54, 1.807) is 45.0 Å². The Kier molecular flexibility index (Phi) is 9.60. The first-order valence-corrected chi connectivity index (χ1v) is 14.2. The van der Waals surface area contributed by atoms with E-state index in [1.807, 2.05) is 12.1 Å². The summed E-state index contributed by atoms with van der Waals surface area (Å²) in [4.78, 5) is 57.6. The van der Waals surface area contributed by atoms with Crippen molar-refractivity contribution in [3.05, 3.63) is 47.7 Å². The number of fused-ring (bicyclic) bond motifs is 4. The summed E-state index contributed by atoms with van der Waals surface area (Å²) < 4.78 is 5.72. The summed E-state index contributed by atoms with van der Waals surface area (Å²) in [7, 11) is 0. The standard InChI is InChI=1S/C30H39N5O7/c1-17(2)25-26(38)31-18(3)27(39)35-13-5-6-23(34-35)28(40)42-19(4)22-10-9-21-8-7-20(14-24(21)32-22)11-12-30(15-36,16-37)29(41)33-25/h7-12,14,17-19,23,25,34,36-37H,5-6,13,15-16H2,1-4H3,(H,31,38)(H,33,41)/b12-11+/t18-,19?,23-,25-/m0/s1. The predicted molar refractivity (Wildman–Crippen MR) is 154 cm³/mol. The van der Waals surface area contributed by atoms with Gasteiger partial charge in [-0.25, -0.2) is 10.4 Å². The van der Waals surface area contributed by atoms with Crippen LogP contribution in [-0.4, -0.2) is 81.8 Å². The maximum Gasteiger partial charge on any atom is 0.325 e. The van der Waals surface area contributed by atoms with Crippen LogP contribution >= 0.6 is 0 Å². The number of hydrogen-bond acceptors (Lipinski definition) is 9. The van der Waals surface area contributed by atoms with Gasteiger partial charge in [0.2, 0.25) is 11.8 Å². The molecule has 2 aliphatic rings. The molecule has 5 N–H and O–H groups in total. The number of hydrogen-bond donors (Lipinski definition) is 5. The Morgan fingerprint density at radius 3 is 2.48 bits per heavy atom. The van der Waals surface area contributed by atoms with E-state index in [4.69, 9.17) is 4.74 Å². The molecule has 4 rings (SSSR count). The van der Waals surface area contributed by atoms with Gasteiger partial charge in [0.25, 0.3) is 5.91 Å². The molecule has 2 aliphatic heterocycles. The largest absolute Gasteiger partial charge is 0.455 e. The van der Waals surface area contributed by atoms with Crippen LogP contribution in [0.3, 0.4) is 0 Å². The minimum atomic E-state index is -1.73. The zero-order valence-electron chi connectivity index (χ0n) is 24.3. The highest BCUT2D eigenvalue weighted by atomic mass is 16.5. The van der Waals surface area contributed by atoms with Crippen molar-refractivity contribution in [1.82, 2.24) is 26.1 Å². The Hall–Kier alpha value is -3.87. The lowest BCUT2D eigenvalue weighted by atomic mass is 9.86. The molecule has 4 atom stereocenters. The van der Waals surface area contributed by atoms with Gasteiger partial charge in [-0.05, 0) is 50.3 Å². The van der Waals surface area contributed by atoms with Gasteiger partial charge < -0.3 is 25.6 Å². The van der Waals surface area contributed by atoms with E-state index in [0.29, 0.717) is 36.2 Å². The minimum Gasteiger partial charge on any atom is -0.455 e. The van der Waals surface area contributed by atoms with E-state index < -0.39 is 66.5 Å². The SMILES string of the molecule is CC1OC(=O)[C@@H]2CCCN(N2)C(=O)[C@H](C)NC(=O)[C@H](C(C)C)NC(=O)C(CO)(CO)/C=C/c2ccc3ccc1nc3c2. The number of benzene rings is 1. The average Bonchev–Trinajstić information content (AvgIpc) is 2.99. The molecule has 1 unspecified atom stereocenters. The van der Waals surface area contributed by atoms with E-state index in [9.17, 15) is 29.4 Å². The summed E-state index contributed by atoms with van der Waals surface area (Å²) in [5, 5.41) is 27.9. The molecule has 1 aromatic carbocycles. The first kappa shape index (κ1) is 31.1. The van der Waals surface area contributed by atoms with Crippen LogP contribution in [0.5, 0.6) is 0 Å². The van der Waals surface area contributed by atoms with Crippen molar-refractivity contribution in [2.75, 3.05) is 19.8 Å². The maximum absolute atomic E-state index is 13.4. The van der Waals surface area contributed by atoms with Gasteiger partial charge in [0.15, 0.2) is 0 Å². The molecule has 42 heavy (non-hydrogen) atoms. The van der Waals surface area contributed by atoms with E-state index in [0.717, 1.165) is 5.39 Å². The van der Waals surface area contributed by atoms with Gasteiger partial charge in [-0.2, -0.15) is 0 Å². The quantitative estimate of drug-likeness (QED) is 0.332. The van der Waals surface area contributed by atoms with Gasteiger partial charge in [0.1, 0.15) is 29.6 Å². The summed E-state index contributed by atoms with van der Waals surface area (Å²) in [5.41, 5.74) is 3.00. The van der Waals surface area contributed by atoms with E-state index in [2.05, 4.69) is 21.0 Å². The zero-order valence-corrected chi connectivity index (χ0v) is 24.3. The molecule has 0 spiro atoms. The second-order valence-electron chi connectivity index (χ2n) is 11.3. The lowest BCUT2D eigenvalue weighted by molar-refractivity contribution is -0.157. The molecule has 0 aliphatic carbocycles. The highest BCUT2D eigenvalue weighted by molar-refractivity contribution is 5.94. The van der Waals surface area contributed by atoms with Crippen LogP contribution in [0.4, 0.5) is 0 Å². The fraction of sp³-hybridized carbons (Fsp3) is 0.500. The summed E-state index contributed by atoms with van der Waals surface area (Å²) in [6.45, 7) is 5.60. The fourth-order valence-electron chi connectivity index (χ4n) is 4.96. The van der Waals surface area contributed by atoms with E-state index >= 15 is 0 Å². The van der Waals surface area contributed by atoms with Crippen molar-refractivity contribution in [1.29, 1.82) is 0 Å². The van der Waals surface area contributed by atoms with E-state index in [1.165, 1.54) is 18.0 Å². The number of carbonyl (C=O) groups excluding carboxylic acids is 4. The van der Waals surface area contributed by atoms with Crippen molar-refractivity contribution in [3.8, 4) is 0 Å². The van der Waals surface area contributed by atoms with Gasteiger partial charge >= 0.3 is 5.97 Å². The summed E-state index contributed by atoms with van der Waals surface area (Å²) in [6.07, 6.45) is 3.34. The van der Waals surface area contributed by atoms with Crippen molar-refractivity contribution in [2.24, 2.45) is 11.3 Å². The molecule has 0 radical (unpaired) electrons. The lowest BCUT2D eigenvalue weighted by Crippen LogP contribution is -2.61. The summed E-state index contributed by atoms with van der Waals surface area (Å²) in [6, 6.07) is 6.27. The van der Waals surface area contributed by atoms with Gasteiger partial charge in [-0.1, -0.05) is 44.2 Å². The minimum absolute atomic E-state index is 0.332. The van der Waals surface area contributed by atoms with Crippen LogP contribution in [0.1, 0.15) is 57.9 Å². The van der Waals surface area contributed by atoms with Crippen molar-refractivity contribution in [2.45, 2.75) is 64.8 Å². The fourth-order valence-corrected chi connectivity index (χ4v) is 4.96. The molecular formula is C30H39N5O7. The number of pyridine rings is 1. The van der Waals surface area contributed by atoms with Crippen LogP contribution in [0.15, 0.2) is 36.4 Å². The van der Waals surface area contributed by atoms with Gasteiger partial charge in [-0.3, -0.25) is 24.2 Å². The molecule has 0 saturated carbocycles. The first-order chi connectivity index (χ1) is 20.0. The number of nitrogens with zero attached hydrogens (tertiary/aromatic N) is 2. The van der Waals surface area contributed by atoms with Crippen molar-refractivity contribution >= 4 is 40.7 Å². The Labute approximate surface area is 244 Å². The number of cyclic esters (lactones) is 1. The Balaban J connectivity index is 1.75. The Morgan fingerprint density at radius 2 is 1.79 bits per heavy atom. The molecule has 2 aromatic rings. The molecule has 3 heterocycles. The van der Waals surface area contributed by atoms with Crippen molar-refractivity contribution in [3.63, 3.8) is 0 Å². The third kappa shape index (κ3) is 6.61. The number of esters is 1. The molecule has 3 amide bonds. The second kappa shape index (κ2) is 13.0. The third-order valence-corrected chi connectivity index (χ3v) is 7.76. The highest BCUT2D eigenvalue weighted by Crippen LogP contribution is 2.25. The number of hydrazine groups is 1. The number of aliphatic hydroxyl groups excluding tert-OH is 2. The van der Waals surface area contributed by atoms with Crippen LogP contribution in [-0.2, 0) is 23.9 Å². The summed E-state index contributed by atoms with van der Waals surface area (Å²) in [5.74, 6) is -2.70. The summed E-state index contributed by atoms with van der Waals surface area (Å²) >= 11 is 0. The normalized spacial score (nSPS) is 26.5. The predicted octanol–water partition coefficient (Wildman–Crippen LogP) is 0.978. The van der Waals surface area contributed by atoms with Gasteiger partial charge in [-0.15, -0.1) is 0 Å². The van der Waals surface area contributed by atoms with Crippen LogP contribution < -0.4 is 16.1 Å². The maximum atomic E-state index is 13.4. The third-order valence-electron chi connectivity index (χ3n) is 7.76. The van der Waals surface area contributed by atoms with Crippen molar-refractivity contribution < 1.29 is 34.1 Å². The lowest BCUT2D eigenvalue weighted by Gasteiger charge is -2.35. The number of carbonyl (C=O) groups is 4.